The summed E-state index contributed by atoms with van der Waals surface area (Å²) >= 11 is 0. The number of rotatable bonds is 3. The van der Waals surface area contributed by atoms with Gasteiger partial charge in [-0.2, -0.15) is 13.2 Å². The van der Waals surface area contributed by atoms with Crippen LogP contribution < -0.4 is 0 Å². The molecule has 1 rings (SSSR count). The minimum Gasteiger partial charge on any atom is -0.478 e. The highest BCUT2D eigenvalue weighted by Gasteiger charge is 2.30. The van der Waals surface area contributed by atoms with Crippen molar-refractivity contribution in [3.05, 3.63) is 41.3 Å². The van der Waals surface area contributed by atoms with Crippen molar-refractivity contribution in [1.29, 1.82) is 0 Å². The van der Waals surface area contributed by atoms with Gasteiger partial charge in [0, 0.05) is 16.4 Å². The number of carboxylic acids is 1. The minimum absolute atomic E-state index is 0.0997. The second kappa shape index (κ2) is 5.13. The minimum atomic E-state index is -4.52. The van der Waals surface area contributed by atoms with Crippen molar-refractivity contribution in [2.75, 3.05) is 0 Å². The van der Waals surface area contributed by atoms with Gasteiger partial charge in [-0.3, -0.25) is 0 Å². The Morgan fingerprint density at radius 1 is 1.35 bits per heavy atom. The molecule has 0 heterocycles. The third-order valence-electron chi connectivity index (χ3n) is 1.73. The summed E-state index contributed by atoms with van der Waals surface area (Å²) in [7, 11) is -1.91. The molecule has 92 valence electrons. The summed E-state index contributed by atoms with van der Waals surface area (Å²) in [5.74, 6) is -1.31. The van der Waals surface area contributed by atoms with Crippen LogP contribution in [0.4, 0.5) is 13.2 Å². The number of benzene rings is 1. The molecule has 1 unspecified atom stereocenters. The number of carboxylic acid groups (broad SMARTS) is 1. The van der Waals surface area contributed by atoms with Gasteiger partial charge in [-0.1, -0.05) is 6.07 Å². The van der Waals surface area contributed by atoms with Crippen LogP contribution in [0, 0.1) is 0 Å². The maximum atomic E-state index is 12.3. The lowest BCUT2D eigenvalue weighted by Crippen LogP contribution is -2.05. The number of hydrogen-bond donors (Lipinski definition) is 1. The van der Waals surface area contributed by atoms with Crippen LogP contribution in [-0.4, -0.2) is 15.3 Å². The molecule has 0 amide bonds. The van der Waals surface area contributed by atoms with E-state index >= 15 is 0 Å². The number of carbonyl (C=O) groups is 1. The predicted molar refractivity (Wildman–Crippen MR) is 54.6 cm³/mol. The number of halogens is 3. The van der Waals surface area contributed by atoms with E-state index in [2.05, 4.69) is 0 Å². The van der Waals surface area contributed by atoms with Crippen LogP contribution in [0.2, 0.25) is 0 Å². The third kappa shape index (κ3) is 4.03. The van der Waals surface area contributed by atoms with Crippen LogP contribution in [0.5, 0.6) is 0 Å². The fraction of sp³-hybridized carbons (Fsp3) is 0.100. The summed E-state index contributed by atoms with van der Waals surface area (Å²) in [4.78, 5) is 10.1. The molecule has 1 atom stereocenters. The van der Waals surface area contributed by atoms with Gasteiger partial charge < -0.3 is 5.11 Å². The first kappa shape index (κ1) is 13.4. The van der Waals surface area contributed by atoms with Crippen molar-refractivity contribution in [3.8, 4) is 0 Å². The van der Waals surface area contributed by atoms with Gasteiger partial charge in [0.05, 0.1) is 16.4 Å². The standard InChI is InChI=1S/C10H7F3O3S/c11-10(12,13)7-2-1-3-8(6-7)17(16)5-4-9(14)15/h1-6H,(H,14,15)/b5-4+. The molecule has 0 aromatic heterocycles. The first-order valence-electron chi connectivity index (χ1n) is 4.29. The maximum Gasteiger partial charge on any atom is 0.416 e. The molecule has 1 N–H and O–H groups in total. The fourth-order valence-electron chi connectivity index (χ4n) is 0.996. The van der Waals surface area contributed by atoms with E-state index in [4.69, 9.17) is 5.11 Å². The van der Waals surface area contributed by atoms with Crippen LogP contribution >= 0.6 is 0 Å². The number of aliphatic carboxylic acids is 1. The molecule has 17 heavy (non-hydrogen) atoms. The Balaban J connectivity index is 3.00. The highest BCUT2D eigenvalue weighted by Crippen LogP contribution is 2.30. The molecule has 0 aliphatic carbocycles. The first-order chi connectivity index (χ1) is 7.80. The summed E-state index contributed by atoms with van der Waals surface area (Å²) < 4.78 is 48.4. The van der Waals surface area contributed by atoms with E-state index in [1.54, 1.807) is 0 Å². The van der Waals surface area contributed by atoms with Gasteiger partial charge >= 0.3 is 12.1 Å². The zero-order valence-electron chi connectivity index (χ0n) is 8.27. The lowest BCUT2D eigenvalue weighted by Gasteiger charge is -2.07. The first-order valence-corrected chi connectivity index (χ1v) is 5.51. The van der Waals surface area contributed by atoms with Crippen LogP contribution in [-0.2, 0) is 21.8 Å². The van der Waals surface area contributed by atoms with Crippen molar-refractivity contribution in [2.24, 2.45) is 0 Å². The summed E-state index contributed by atoms with van der Waals surface area (Å²) in [6, 6.07) is 3.92. The summed E-state index contributed by atoms with van der Waals surface area (Å²) in [5.41, 5.74) is -0.924. The van der Waals surface area contributed by atoms with Gasteiger partial charge in [0.15, 0.2) is 0 Å². The third-order valence-corrected chi connectivity index (χ3v) is 2.83. The van der Waals surface area contributed by atoms with Crippen LogP contribution in [0.3, 0.4) is 0 Å². The van der Waals surface area contributed by atoms with E-state index in [1.807, 2.05) is 0 Å². The Hall–Kier alpha value is -1.63. The molecule has 7 heteroatoms. The molecule has 3 nitrogen and oxygen atoms in total. The average Bonchev–Trinajstić information content (AvgIpc) is 2.25. The van der Waals surface area contributed by atoms with Gasteiger partial charge in [-0.05, 0) is 18.2 Å². The van der Waals surface area contributed by atoms with Crippen molar-refractivity contribution in [1.82, 2.24) is 0 Å². The Labute approximate surface area is 97.0 Å². The fourth-order valence-corrected chi connectivity index (χ4v) is 1.85. The molecule has 0 aliphatic rings. The Kier molecular flexibility index (Phi) is 4.06. The van der Waals surface area contributed by atoms with Crippen LogP contribution in [0.25, 0.3) is 0 Å². The molecule has 0 spiro atoms. The molecule has 1 aromatic rings. The summed E-state index contributed by atoms with van der Waals surface area (Å²) in [6.07, 6.45) is -3.90. The van der Waals surface area contributed by atoms with E-state index in [0.717, 1.165) is 23.6 Å². The van der Waals surface area contributed by atoms with Crippen molar-refractivity contribution in [3.63, 3.8) is 0 Å². The van der Waals surface area contributed by atoms with Crippen LogP contribution in [0.15, 0.2) is 40.6 Å². The summed E-state index contributed by atoms with van der Waals surface area (Å²) in [6.45, 7) is 0. The quantitative estimate of drug-likeness (QED) is 0.853. The second-order valence-corrected chi connectivity index (χ2v) is 4.30. The molecular weight excluding hydrogens is 257 g/mol. The molecule has 0 radical (unpaired) electrons. The Morgan fingerprint density at radius 3 is 2.53 bits per heavy atom. The largest absolute Gasteiger partial charge is 0.478 e. The monoisotopic (exact) mass is 264 g/mol. The van der Waals surface area contributed by atoms with E-state index in [9.17, 15) is 22.2 Å². The van der Waals surface area contributed by atoms with Crippen molar-refractivity contribution < 1.29 is 27.3 Å². The zero-order chi connectivity index (χ0) is 13.1. The van der Waals surface area contributed by atoms with E-state index < -0.39 is 28.5 Å². The molecule has 0 aliphatic heterocycles. The van der Waals surface area contributed by atoms with Gasteiger partial charge in [0.1, 0.15) is 0 Å². The molecule has 0 bridgehead atoms. The van der Waals surface area contributed by atoms with Gasteiger partial charge in [-0.25, -0.2) is 9.00 Å². The molecule has 0 saturated carbocycles. The normalized spacial score (nSPS) is 13.8. The Morgan fingerprint density at radius 2 is 2.00 bits per heavy atom. The number of hydrogen-bond acceptors (Lipinski definition) is 2. The smallest absolute Gasteiger partial charge is 0.416 e. The van der Waals surface area contributed by atoms with Crippen LogP contribution in [0.1, 0.15) is 5.56 Å². The van der Waals surface area contributed by atoms with Gasteiger partial charge in [0.25, 0.3) is 0 Å². The molecule has 1 aromatic carbocycles. The lowest BCUT2D eigenvalue weighted by atomic mass is 10.2. The SMILES string of the molecule is O=C(O)/C=C/S(=O)c1cccc(C(F)(F)F)c1. The number of alkyl halides is 3. The van der Waals surface area contributed by atoms with Gasteiger partial charge in [-0.15, -0.1) is 0 Å². The summed E-state index contributed by atoms with van der Waals surface area (Å²) in [5, 5.41) is 9.11. The highest BCUT2D eigenvalue weighted by molar-refractivity contribution is 7.88. The van der Waals surface area contributed by atoms with Crippen molar-refractivity contribution in [2.45, 2.75) is 11.1 Å². The molecule has 0 fully saturated rings. The molecule has 0 saturated heterocycles. The predicted octanol–water partition coefficient (Wildman–Crippen LogP) is 2.41. The Bertz CT molecular complexity index is 480. The maximum absolute atomic E-state index is 12.3. The lowest BCUT2D eigenvalue weighted by molar-refractivity contribution is -0.137. The second-order valence-electron chi connectivity index (χ2n) is 2.96. The topological polar surface area (TPSA) is 54.4 Å². The molecular formula is C10H7F3O3S. The zero-order valence-corrected chi connectivity index (χ0v) is 9.09. The van der Waals surface area contributed by atoms with E-state index in [-0.39, 0.29) is 4.90 Å². The average molecular weight is 264 g/mol. The van der Waals surface area contributed by atoms with E-state index in [0.29, 0.717) is 6.08 Å². The van der Waals surface area contributed by atoms with Gasteiger partial charge in [0.2, 0.25) is 0 Å². The van der Waals surface area contributed by atoms with E-state index in [1.165, 1.54) is 6.07 Å². The highest BCUT2D eigenvalue weighted by atomic mass is 32.2. The van der Waals surface area contributed by atoms with Crippen molar-refractivity contribution >= 4 is 16.8 Å².